The first-order valence-corrected chi connectivity index (χ1v) is 7.13. The van der Waals surface area contributed by atoms with E-state index in [9.17, 15) is 22.8 Å². The van der Waals surface area contributed by atoms with Crippen molar-refractivity contribution in [2.45, 2.75) is 32.4 Å². The topological polar surface area (TPSA) is 75.4 Å². The standard InChI is InChI=1S/C14H18F3N3O3/c1-8(2)9-6-10(19(3)18-9)11(21)20-5-4-13(7-20,12(22)23)14(15,16)17/h6,8H,4-5,7H2,1-3H3,(H,22,23). The summed E-state index contributed by atoms with van der Waals surface area (Å²) in [5.74, 6) is -2.53. The summed E-state index contributed by atoms with van der Waals surface area (Å²) in [6.45, 7) is 2.62. The van der Waals surface area contributed by atoms with Crippen LogP contribution in [-0.4, -0.2) is 50.9 Å². The molecule has 9 heteroatoms. The zero-order valence-corrected chi connectivity index (χ0v) is 13.0. The number of nitrogens with zero attached hydrogens (tertiary/aromatic N) is 3. The number of likely N-dealkylation sites (tertiary alicyclic amines) is 1. The van der Waals surface area contributed by atoms with Gasteiger partial charge in [0, 0.05) is 20.1 Å². The molecule has 0 aromatic carbocycles. The summed E-state index contributed by atoms with van der Waals surface area (Å²) in [4.78, 5) is 24.5. The molecule has 0 saturated carbocycles. The third kappa shape index (κ3) is 2.79. The highest BCUT2D eigenvalue weighted by Crippen LogP contribution is 2.46. The molecule has 1 aromatic heterocycles. The van der Waals surface area contributed by atoms with E-state index in [1.807, 2.05) is 13.8 Å². The Balaban J connectivity index is 2.28. The Morgan fingerprint density at radius 1 is 1.39 bits per heavy atom. The number of aliphatic carboxylic acids is 1. The Kier molecular flexibility index (Phi) is 4.16. The maximum atomic E-state index is 13.2. The summed E-state index contributed by atoms with van der Waals surface area (Å²) in [6.07, 6.45) is -5.56. The zero-order chi connectivity index (χ0) is 17.6. The molecule has 1 aliphatic rings. The van der Waals surface area contributed by atoms with Gasteiger partial charge in [0.25, 0.3) is 5.91 Å². The first-order valence-electron chi connectivity index (χ1n) is 7.13. The third-order valence-electron chi connectivity index (χ3n) is 4.22. The van der Waals surface area contributed by atoms with Crippen LogP contribution in [-0.2, 0) is 11.8 Å². The Hall–Kier alpha value is -2.06. The van der Waals surface area contributed by atoms with Gasteiger partial charge in [0.15, 0.2) is 5.41 Å². The van der Waals surface area contributed by atoms with Gasteiger partial charge < -0.3 is 10.0 Å². The lowest BCUT2D eigenvalue weighted by atomic mass is 9.86. The van der Waals surface area contributed by atoms with Crippen LogP contribution in [0.1, 0.15) is 42.4 Å². The van der Waals surface area contributed by atoms with E-state index in [1.54, 1.807) is 0 Å². The number of halogens is 3. The molecule has 0 bridgehead atoms. The minimum atomic E-state index is -4.91. The Morgan fingerprint density at radius 2 is 2.00 bits per heavy atom. The summed E-state index contributed by atoms with van der Waals surface area (Å²) in [6, 6.07) is 1.53. The number of carbonyl (C=O) groups excluding carboxylic acids is 1. The number of amides is 1. The smallest absolute Gasteiger partial charge is 0.406 e. The van der Waals surface area contributed by atoms with Crippen molar-refractivity contribution >= 4 is 11.9 Å². The van der Waals surface area contributed by atoms with Gasteiger partial charge in [-0.1, -0.05) is 13.8 Å². The molecule has 1 unspecified atom stereocenters. The van der Waals surface area contributed by atoms with Gasteiger partial charge in [-0.05, 0) is 18.4 Å². The average Bonchev–Trinajstić information content (AvgIpc) is 3.01. The molecule has 1 amide bonds. The molecule has 1 aromatic rings. The Morgan fingerprint density at radius 3 is 2.39 bits per heavy atom. The Bertz CT molecular complexity index is 639. The molecule has 128 valence electrons. The molecule has 0 aliphatic carbocycles. The highest BCUT2D eigenvalue weighted by Gasteiger charge is 2.64. The molecule has 0 radical (unpaired) electrons. The molecule has 1 aliphatic heterocycles. The molecule has 1 saturated heterocycles. The second-order valence-corrected chi connectivity index (χ2v) is 6.09. The predicted octanol–water partition coefficient (Wildman–Crippen LogP) is 2.02. The van der Waals surface area contributed by atoms with E-state index in [1.165, 1.54) is 17.8 Å². The molecule has 6 nitrogen and oxygen atoms in total. The van der Waals surface area contributed by atoms with E-state index in [0.717, 1.165) is 4.90 Å². The molecular weight excluding hydrogens is 315 g/mol. The van der Waals surface area contributed by atoms with Gasteiger partial charge in [-0.15, -0.1) is 0 Å². The quantitative estimate of drug-likeness (QED) is 0.918. The van der Waals surface area contributed by atoms with Crippen molar-refractivity contribution in [3.05, 3.63) is 17.5 Å². The van der Waals surface area contributed by atoms with Gasteiger partial charge in [0.1, 0.15) is 5.69 Å². The maximum Gasteiger partial charge on any atom is 0.406 e. The van der Waals surface area contributed by atoms with Crippen LogP contribution in [0.15, 0.2) is 6.07 Å². The average molecular weight is 333 g/mol. The molecule has 1 atom stereocenters. The number of carboxylic acid groups (broad SMARTS) is 1. The minimum Gasteiger partial charge on any atom is -0.481 e. The molecule has 2 heterocycles. The van der Waals surface area contributed by atoms with Gasteiger partial charge >= 0.3 is 12.1 Å². The largest absolute Gasteiger partial charge is 0.481 e. The van der Waals surface area contributed by atoms with Crippen molar-refractivity contribution in [1.82, 2.24) is 14.7 Å². The fourth-order valence-electron chi connectivity index (χ4n) is 2.64. The monoisotopic (exact) mass is 333 g/mol. The van der Waals surface area contributed by atoms with E-state index < -0.39 is 36.4 Å². The summed E-state index contributed by atoms with van der Waals surface area (Å²) in [5, 5.41) is 13.2. The lowest BCUT2D eigenvalue weighted by molar-refractivity contribution is -0.227. The van der Waals surface area contributed by atoms with Crippen LogP contribution in [0.4, 0.5) is 13.2 Å². The van der Waals surface area contributed by atoms with Crippen LogP contribution in [0.2, 0.25) is 0 Å². The number of carbonyl (C=O) groups is 2. The summed E-state index contributed by atoms with van der Waals surface area (Å²) < 4.78 is 40.8. The normalized spacial score (nSPS) is 22.0. The molecule has 1 fully saturated rings. The Labute approximate surface area is 130 Å². The molecular formula is C14H18F3N3O3. The van der Waals surface area contributed by atoms with Crippen molar-refractivity contribution in [1.29, 1.82) is 0 Å². The summed E-state index contributed by atoms with van der Waals surface area (Å²) in [7, 11) is 1.53. The molecule has 1 N–H and O–H groups in total. The van der Waals surface area contributed by atoms with E-state index in [4.69, 9.17) is 5.11 Å². The van der Waals surface area contributed by atoms with Crippen molar-refractivity contribution in [3.63, 3.8) is 0 Å². The first-order chi connectivity index (χ1) is 10.5. The fourth-order valence-corrected chi connectivity index (χ4v) is 2.64. The number of hydrogen-bond acceptors (Lipinski definition) is 3. The fraction of sp³-hybridized carbons (Fsp3) is 0.643. The van der Waals surface area contributed by atoms with E-state index >= 15 is 0 Å². The van der Waals surface area contributed by atoms with Crippen LogP contribution in [0.3, 0.4) is 0 Å². The third-order valence-corrected chi connectivity index (χ3v) is 4.22. The van der Waals surface area contributed by atoms with Crippen LogP contribution < -0.4 is 0 Å². The number of rotatable bonds is 3. The van der Waals surface area contributed by atoms with Crippen LogP contribution in [0.5, 0.6) is 0 Å². The predicted molar refractivity (Wildman–Crippen MR) is 73.9 cm³/mol. The van der Waals surface area contributed by atoms with E-state index in [-0.39, 0.29) is 18.2 Å². The minimum absolute atomic E-state index is 0.0645. The maximum absolute atomic E-state index is 13.2. The highest BCUT2D eigenvalue weighted by atomic mass is 19.4. The number of aryl methyl sites for hydroxylation is 1. The number of alkyl halides is 3. The van der Waals surface area contributed by atoms with Crippen molar-refractivity contribution < 1.29 is 27.9 Å². The number of hydrogen-bond donors (Lipinski definition) is 1. The zero-order valence-electron chi connectivity index (χ0n) is 13.0. The highest BCUT2D eigenvalue weighted by molar-refractivity contribution is 5.93. The first kappa shape index (κ1) is 17.3. The molecule has 2 rings (SSSR count). The lowest BCUT2D eigenvalue weighted by Gasteiger charge is -2.27. The van der Waals surface area contributed by atoms with Gasteiger partial charge in [0.05, 0.1) is 5.69 Å². The lowest BCUT2D eigenvalue weighted by Crippen LogP contribution is -2.47. The van der Waals surface area contributed by atoms with Crippen molar-refractivity contribution in [3.8, 4) is 0 Å². The van der Waals surface area contributed by atoms with Gasteiger partial charge in [-0.2, -0.15) is 18.3 Å². The number of aromatic nitrogens is 2. The summed E-state index contributed by atoms with van der Waals surface area (Å²) >= 11 is 0. The van der Waals surface area contributed by atoms with Crippen molar-refractivity contribution in [2.75, 3.05) is 13.1 Å². The van der Waals surface area contributed by atoms with Crippen LogP contribution in [0, 0.1) is 5.41 Å². The van der Waals surface area contributed by atoms with Gasteiger partial charge in [0.2, 0.25) is 0 Å². The van der Waals surface area contributed by atoms with E-state index in [2.05, 4.69) is 5.10 Å². The molecule has 23 heavy (non-hydrogen) atoms. The summed E-state index contributed by atoms with van der Waals surface area (Å²) in [5.41, 5.74) is -2.10. The van der Waals surface area contributed by atoms with E-state index in [0.29, 0.717) is 5.69 Å². The second-order valence-electron chi connectivity index (χ2n) is 6.09. The van der Waals surface area contributed by atoms with Gasteiger partial charge in [-0.3, -0.25) is 14.3 Å². The molecule has 0 spiro atoms. The number of carboxylic acids is 1. The van der Waals surface area contributed by atoms with Gasteiger partial charge in [-0.25, -0.2) is 0 Å². The van der Waals surface area contributed by atoms with Crippen LogP contribution >= 0.6 is 0 Å². The second kappa shape index (κ2) is 5.54. The van der Waals surface area contributed by atoms with Crippen LogP contribution in [0.25, 0.3) is 0 Å². The van der Waals surface area contributed by atoms with Crippen molar-refractivity contribution in [2.24, 2.45) is 12.5 Å². The SMILES string of the molecule is CC(C)c1cc(C(=O)N2CCC(C(=O)O)(C(F)(F)F)C2)n(C)n1.